The Balaban J connectivity index is 2.32. The van der Waals surface area contributed by atoms with Crippen molar-refractivity contribution in [2.24, 2.45) is 5.92 Å². The molecule has 1 aromatic carbocycles. The minimum absolute atomic E-state index is 0.112. The molecule has 0 saturated carbocycles. The topological polar surface area (TPSA) is 35.5 Å². The normalized spacial score (nSPS) is 12.0. The van der Waals surface area contributed by atoms with Crippen LogP contribution in [0.5, 0.6) is 11.5 Å². The van der Waals surface area contributed by atoms with Gasteiger partial charge in [-0.05, 0) is 36.6 Å². The molecule has 32 heavy (non-hydrogen) atoms. The first-order chi connectivity index (χ1) is 15.7. The fraction of sp³-hybridized carbons (Fsp3) is 0.759. The summed E-state index contributed by atoms with van der Waals surface area (Å²) in [5, 5.41) is 0. The van der Waals surface area contributed by atoms with Crippen LogP contribution in [0.15, 0.2) is 24.3 Å². The van der Waals surface area contributed by atoms with E-state index in [1.165, 1.54) is 103 Å². The minimum atomic E-state index is -0.112. The van der Waals surface area contributed by atoms with Crippen LogP contribution in [0.4, 0.5) is 0 Å². The molecule has 3 nitrogen and oxygen atoms in total. The molecule has 0 N–H and O–H groups in total. The molecule has 1 atom stereocenters. The van der Waals surface area contributed by atoms with Crippen LogP contribution in [0.25, 0.3) is 0 Å². The summed E-state index contributed by atoms with van der Waals surface area (Å²) in [7, 11) is 1.64. The highest BCUT2D eigenvalue weighted by atomic mass is 16.5. The Morgan fingerprint density at radius 1 is 0.656 bits per heavy atom. The van der Waals surface area contributed by atoms with Crippen molar-refractivity contribution in [2.75, 3.05) is 7.11 Å². The van der Waals surface area contributed by atoms with Gasteiger partial charge in [0.2, 0.25) is 0 Å². The summed E-state index contributed by atoms with van der Waals surface area (Å²) in [4.78, 5) is 12.4. The number of ether oxygens (including phenoxy) is 2. The van der Waals surface area contributed by atoms with E-state index in [2.05, 4.69) is 13.8 Å². The Bertz CT molecular complexity index is 552. The highest BCUT2D eigenvalue weighted by Crippen LogP contribution is 2.24. The van der Waals surface area contributed by atoms with Crippen LogP contribution in [0.1, 0.15) is 129 Å². The first-order valence-corrected chi connectivity index (χ1v) is 13.5. The van der Waals surface area contributed by atoms with Gasteiger partial charge < -0.3 is 9.47 Å². The van der Waals surface area contributed by atoms with Crippen molar-refractivity contribution in [3.05, 3.63) is 24.3 Å². The molecular weight excluding hydrogens is 396 g/mol. The zero-order valence-electron chi connectivity index (χ0n) is 21.3. The monoisotopic (exact) mass is 446 g/mol. The number of rotatable bonds is 21. The molecule has 0 aliphatic heterocycles. The van der Waals surface area contributed by atoms with E-state index in [4.69, 9.17) is 9.47 Å². The summed E-state index contributed by atoms with van der Waals surface area (Å²) in [6.45, 7) is 4.54. The Hall–Kier alpha value is -1.51. The van der Waals surface area contributed by atoms with Crippen molar-refractivity contribution in [1.82, 2.24) is 0 Å². The molecule has 0 radical (unpaired) electrons. The molecule has 0 aliphatic carbocycles. The third-order valence-corrected chi connectivity index (χ3v) is 6.48. The number of carbonyl (C=O) groups is 1. The molecule has 0 amide bonds. The minimum Gasteiger partial charge on any atom is -0.497 e. The lowest BCUT2D eigenvalue weighted by Crippen LogP contribution is -2.11. The molecule has 3 heteroatoms. The molecule has 0 aliphatic rings. The van der Waals surface area contributed by atoms with Crippen LogP contribution in [-0.2, 0) is 4.79 Å². The summed E-state index contributed by atoms with van der Waals surface area (Å²) >= 11 is 0. The molecule has 0 heterocycles. The molecule has 0 aromatic heterocycles. The van der Waals surface area contributed by atoms with E-state index in [1.807, 2.05) is 12.1 Å². The first kappa shape index (κ1) is 28.5. The van der Waals surface area contributed by atoms with Crippen LogP contribution in [0, 0.1) is 5.92 Å². The van der Waals surface area contributed by atoms with Gasteiger partial charge in [-0.1, -0.05) is 117 Å². The number of methoxy groups -OCH3 is 1. The average molecular weight is 447 g/mol. The number of benzene rings is 1. The lowest BCUT2D eigenvalue weighted by Gasteiger charge is -2.17. The van der Waals surface area contributed by atoms with Crippen molar-refractivity contribution in [2.45, 2.75) is 129 Å². The third-order valence-electron chi connectivity index (χ3n) is 6.48. The standard InChI is InChI=1S/C29H50O3/c1-4-6-8-10-12-13-15-17-19-26(18-16-14-11-9-7-5-2)20-25-29(30)32-28-23-21-27(31-3)22-24-28/h21-24,26H,4-20,25H2,1-3H3. The fourth-order valence-electron chi connectivity index (χ4n) is 4.36. The highest BCUT2D eigenvalue weighted by molar-refractivity contribution is 5.72. The summed E-state index contributed by atoms with van der Waals surface area (Å²) in [5.41, 5.74) is 0. The largest absolute Gasteiger partial charge is 0.497 e. The second kappa shape index (κ2) is 20.1. The Kier molecular flexibility index (Phi) is 17.9. The molecule has 0 bridgehead atoms. The molecule has 0 fully saturated rings. The SMILES string of the molecule is CCCCCCCCCCC(CCCCCCCC)CCC(=O)Oc1ccc(OC)cc1. The van der Waals surface area contributed by atoms with Gasteiger partial charge in [0.1, 0.15) is 11.5 Å². The van der Waals surface area contributed by atoms with Crippen molar-refractivity contribution < 1.29 is 14.3 Å². The summed E-state index contributed by atoms with van der Waals surface area (Å²) in [6.07, 6.45) is 22.9. The predicted molar refractivity (Wildman–Crippen MR) is 137 cm³/mol. The maximum absolute atomic E-state index is 12.4. The number of carbonyl (C=O) groups excluding carboxylic acids is 1. The predicted octanol–water partition coefficient (Wildman–Crippen LogP) is 9.28. The summed E-state index contributed by atoms with van der Waals surface area (Å²) in [6, 6.07) is 7.24. The zero-order valence-corrected chi connectivity index (χ0v) is 21.3. The smallest absolute Gasteiger partial charge is 0.311 e. The lowest BCUT2D eigenvalue weighted by molar-refractivity contribution is -0.134. The van der Waals surface area contributed by atoms with Crippen molar-refractivity contribution in [3.8, 4) is 11.5 Å². The van der Waals surface area contributed by atoms with Crippen LogP contribution in [-0.4, -0.2) is 13.1 Å². The van der Waals surface area contributed by atoms with Crippen LogP contribution in [0.2, 0.25) is 0 Å². The Morgan fingerprint density at radius 2 is 1.09 bits per heavy atom. The van der Waals surface area contributed by atoms with E-state index >= 15 is 0 Å². The van der Waals surface area contributed by atoms with E-state index in [0.29, 0.717) is 18.1 Å². The van der Waals surface area contributed by atoms with E-state index in [0.717, 1.165) is 12.2 Å². The molecule has 184 valence electrons. The van der Waals surface area contributed by atoms with E-state index in [1.54, 1.807) is 19.2 Å². The lowest BCUT2D eigenvalue weighted by atomic mass is 9.90. The number of hydrogen-bond donors (Lipinski definition) is 0. The molecule has 1 rings (SSSR count). The zero-order chi connectivity index (χ0) is 23.3. The van der Waals surface area contributed by atoms with E-state index in [9.17, 15) is 4.79 Å². The van der Waals surface area contributed by atoms with Crippen LogP contribution in [0.3, 0.4) is 0 Å². The number of unbranched alkanes of at least 4 members (excludes halogenated alkanes) is 12. The van der Waals surface area contributed by atoms with Gasteiger partial charge in [-0.15, -0.1) is 0 Å². The van der Waals surface area contributed by atoms with Gasteiger partial charge in [-0.3, -0.25) is 4.79 Å². The maximum atomic E-state index is 12.4. The van der Waals surface area contributed by atoms with Gasteiger partial charge in [0, 0.05) is 6.42 Å². The molecular formula is C29H50O3. The van der Waals surface area contributed by atoms with Gasteiger partial charge in [0.05, 0.1) is 7.11 Å². The van der Waals surface area contributed by atoms with Crippen molar-refractivity contribution in [3.63, 3.8) is 0 Å². The van der Waals surface area contributed by atoms with Crippen molar-refractivity contribution in [1.29, 1.82) is 0 Å². The third kappa shape index (κ3) is 15.3. The number of esters is 1. The second-order valence-electron chi connectivity index (χ2n) is 9.37. The van der Waals surface area contributed by atoms with Gasteiger partial charge in [-0.25, -0.2) is 0 Å². The molecule has 0 saturated heterocycles. The molecule has 0 spiro atoms. The quantitative estimate of drug-likeness (QED) is 0.107. The first-order valence-electron chi connectivity index (χ1n) is 13.5. The summed E-state index contributed by atoms with van der Waals surface area (Å²) in [5.74, 6) is 1.92. The Labute approximate surface area is 198 Å². The maximum Gasteiger partial charge on any atom is 0.311 e. The molecule has 1 unspecified atom stereocenters. The van der Waals surface area contributed by atoms with Gasteiger partial charge >= 0.3 is 5.97 Å². The van der Waals surface area contributed by atoms with Gasteiger partial charge in [-0.2, -0.15) is 0 Å². The van der Waals surface area contributed by atoms with Gasteiger partial charge in [0.25, 0.3) is 0 Å². The number of hydrogen-bond acceptors (Lipinski definition) is 3. The van der Waals surface area contributed by atoms with E-state index in [-0.39, 0.29) is 5.97 Å². The van der Waals surface area contributed by atoms with Crippen LogP contribution >= 0.6 is 0 Å². The van der Waals surface area contributed by atoms with E-state index < -0.39 is 0 Å². The average Bonchev–Trinajstić information content (AvgIpc) is 2.81. The highest BCUT2D eigenvalue weighted by Gasteiger charge is 2.13. The van der Waals surface area contributed by atoms with Crippen molar-refractivity contribution >= 4 is 5.97 Å². The second-order valence-corrected chi connectivity index (χ2v) is 9.37. The summed E-state index contributed by atoms with van der Waals surface area (Å²) < 4.78 is 10.7. The fourth-order valence-corrected chi connectivity index (χ4v) is 4.36. The molecule has 1 aromatic rings. The van der Waals surface area contributed by atoms with Gasteiger partial charge in [0.15, 0.2) is 0 Å². The van der Waals surface area contributed by atoms with Crippen LogP contribution < -0.4 is 9.47 Å². The Morgan fingerprint density at radius 3 is 1.56 bits per heavy atom.